The van der Waals surface area contributed by atoms with Gasteiger partial charge in [0.15, 0.2) is 0 Å². The van der Waals surface area contributed by atoms with E-state index in [1.54, 1.807) is 0 Å². The number of rotatable bonds is 5. The number of benzene rings is 1. The highest BCUT2D eigenvalue weighted by Crippen LogP contribution is 2.35. The first-order valence-electron chi connectivity index (χ1n) is 7.09. The van der Waals surface area contributed by atoms with E-state index >= 15 is 0 Å². The van der Waals surface area contributed by atoms with Gasteiger partial charge in [0.05, 0.1) is 13.1 Å². The molecule has 2 heterocycles. The summed E-state index contributed by atoms with van der Waals surface area (Å²) in [6, 6.07) is 9.20. The number of aryl methyl sites for hydroxylation is 1. The topological polar surface area (TPSA) is 68.1 Å². The van der Waals surface area contributed by atoms with Crippen LogP contribution in [0.25, 0.3) is 0 Å². The predicted molar refractivity (Wildman–Crippen MR) is 79.1 cm³/mol. The molecule has 0 bridgehead atoms. The molecule has 6 nitrogen and oxygen atoms in total. The molecule has 1 aromatic heterocycles. The molecule has 0 N–H and O–H groups in total. The molecule has 1 aliphatic rings. The molecule has 1 saturated heterocycles. The fourth-order valence-corrected chi connectivity index (χ4v) is 4.65. The van der Waals surface area contributed by atoms with Crippen LogP contribution < -0.4 is 0 Å². The van der Waals surface area contributed by atoms with Crippen LogP contribution in [0.4, 0.5) is 4.39 Å². The summed E-state index contributed by atoms with van der Waals surface area (Å²) in [5, 5.41) is 3.40. The summed E-state index contributed by atoms with van der Waals surface area (Å²) >= 11 is 0. The molecular formula is C14H17FN4O2S. The highest BCUT2D eigenvalue weighted by molar-refractivity contribution is 7.89. The molecule has 1 aliphatic heterocycles. The molecule has 1 unspecified atom stereocenters. The average molecular weight is 324 g/mol. The van der Waals surface area contributed by atoms with Gasteiger partial charge < -0.3 is 0 Å². The van der Waals surface area contributed by atoms with Crippen LogP contribution in [0.1, 0.15) is 23.1 Å². The number of hydrogen-bond donors (Lipinski definition) is 0. The zero-order chi connectivity index (χ0) is 15.6. The molecule has 3 rings (SSSR count). The maximum absolute atomic E-state index is 12.7. The molecule has 0 amide bonds. The van der Waals surface area contributed by atoms with Gasteiger partial charge >= 0.3 is 0 Å². The van der Waals surface area contributed by atoms with Gasteiger partial charge in [0.2, 0.25) is 10.0 Å². The molecule has 8 heteroatoms. The molecule has 0 saturated carbocycles. The van der Waals surface area contributed by atoms with Crippen LogP contribution in [0.5, 0.6) is 0 Å². The van der Waals surface area contributed by atoms with Gasteiger partial charge in [-0.3, -0.25) is 0 Å². The largest absolute Gasteiger partial charge is 0.249 e. The highest BCUT2D eigenvalue weighted by atomic mass is 32.2. The summed E-state index contributed by atoms with van der Waals surface area (Å²) in [5.41, 5.74) is 0.801. The third-order valence-corrected chi connectivity index (χ3v) is 6.10. The molecular weight excluding hydrogens is 307 g/mol. The third kappa shape index (κ3) is 2.76. The van der Waals surface area contributed by atoms with Gasteiger partial charge in [0.1, 0.15) is 24.1 Å². The second-order valence-electron chi connectivity index (χ2n) is 5.15. The summed E-state index contributed by atoms with van der Waals surface area (Å²) in [7, 11) is -3.43. The Morgan fingerprint density at radius 3 is 2.77 bits per heavy atom. The van der Waals surface area contributed by atoms with Crippen LogP contribution in [0, 0.1) is 0 Å². The van der Waals surface area contributed by atoms with E-state index in [-0.39, 0.29) is 13.1 Å². The quantitative estimate of drug-likeness (QED) is 0.836. The lowest BCUT2D eigenvalue weighted by Crippen LogP contribution is -2.28. The van der Waals surface area contributed by atoms with Gasteiger partial charge in [-0.05, 0) is 12.0 Å². The van der Waals surface area contributed by atoms with Crippen molar-refractivity contribution in [3.05, 3.63) is 48.0 Å². The first kappa shape index (κ1) is 15.1. The number of nitrogens with zero attached hydrogens (tertiary/aromatic N) is 4. The first-order chi connectivity index (χ1) is 10.6. The number of alkyl halides is 1. The number of halogens is 1. The minimum atomic E-state index is -3.43. The molecule has 1 atom stereocenters. The van der Waals surface area contributed by atoms with Crippen LogP contribution in [0.2, 0.25) is 0 Å². The Morgan fingerprint density at radius 2 is 2.05 bits per heavy atom. The number of hydrogen-bond acceptors (Lipinski definition) is 4. The van der Waals surface area contributed by atoms with Gasteiger partial charge in [-0.1, -0.05) is 30.3 Å². The average Bonchev–Trinajstić information content (AvgIpc) is 3.06. The van der Waals surface area contributed by atoms with E-state index in [2.05, 4.69) is 10.1 Å². The van der Waals surface area contributed by atoms with Gasteiger partial charge in [0, 0.05) is 6.54 Å². The second kappa shape index (κ2) is 6.13. The lowest BCUT2D eigenvalue weighted by molar-refractivity contribution is 0.386. The maximum atomic E-state index is 12.7. The van der Waals surface area contributed by atoms with Crippen LogP contribution in [0.3, 0.4) is 0 Å². The minimum Gasteiger partial charge on any atom is -0.249 e. The van der Waals surface area contributed by atoms with E-state index in [1.807, 2.05) is 30.3 Å². The Hall–Kier alpha value is -1.80. The van der Waals surface area contributed by atoms with Crippen molar-refractivity contribution < 1.29 is 12.8 Å². The molecule has 22 heavy (non-hydrogen) atoms. The standard InChI is InChI=1S/C14H17FN4O2S/c15-7-9-19-14(16-11-17-19)10-18-8-6-13(22(18,20)21)12-4-2-1-3-5-12/h1-5,11,13H,6-10H2. The molecule has 1 aromatic carbocycles. The minimum absolute atomic E-state index is 0.0886. The lowest BCUT2D eigenvalue weighted by Gasteiger charge is -2.17. The Balaban J connectivity index is 1.80. The fraction of sp³-hybridized carbons (Fsp3) is 0.429. The Morgan fingerprint density at radius 1 is 1.27 bits per heavy atom. The Kier molecular flexibility index (Phi) is 4.21. The SMILES string of the molecule is O=S1(=O)C(c2ccccc2)CCN1Cc1ncnn1CCF. The predicted octanol–water partition coefficient (Wildman–Crippen LogP) is 1.52. The third-order valence-electron chi connectivity index (χ3n) is 3.84. The number of sulfonamides is 1. The van der Waals surface area contributed by atoms with Gasteiger partial charge in [0.25, 0.3) is 0 Å². The second-order valence-corrected chi connectivity index (χ2v) is 7.27. The summed E-state index contributed by atoms with van der Waals surface area (Å²) in [6.45, 7) is 0.0944. The van der Waals surface area contributed by atoms with Crippen LogP contribution in [-0.2, 0) is 23.1 Å². The van der Waals surface area contributed by atoms with Crippen LogP contribution in [0.15, 0.2) is 36.7 Å². The Bertz CT molecular complexity index is 732. The zero-order valence-electron chi connectivity index (χ0n) is 12.0. The maximum Gasteiger partial charge on any atom is 0.221 e. The van der Waals surface area contributed by atoms with Crippen molar-refractivity contribution in [1.82, 2.24) is 19.1 Å². The highest BCUT2D eigenvalue weighted by Gasteiger charge is 2.40. The normalized spacial score (nSPS) is 21.2. The smallest absolute Gasteiger partial charge is 0.221 e. The van der Waals surface area contributed by atoms with E-state index in [1.165, 1.54) is 15.3 Å². The van der Waals surface area contributed by atoms with Crippen molar-refractivity contribution in [2.45, 2.75) is 24.8 Å². The van der Waals surface area contributed by atoms with Gasteiger partial charge in [-0.15, -0.1) is 0 Å². The zero-order valence-corrected chi connectivity index (χ0v) is 12.8. The molecule has 0 aliphatic carbocycles. The fourth-order valence-electron chi connectivity index (χ4n) is 2.73. The lowest BCUT2D eigenvalue weighted by atomic mass is 10.1. The van der Waals surface area contributed by atoms with E-state index in [0.29, 0.717) is 18.8 Å². The van der Waals surface area contributed by atoms with Crippen molar-refractivity contribution in [2.75, 3.05) is 13.2 Å². The number of aromatic nitrogens is 3. The Labute approximate surface area is 128 Å². The van der Waals surface area contributed by atoms with Gasteiger partial charge in [-0.25, -0.2) is 22.5 Å². The molecule has 1 fully saturated rings. The summed E-state index contributed by atoms with van der Waals surface area (Å²) in [6.07, 6.45) is 1.87. The van der Waals surface area contributed by atoms with E-state index in [0.717, 1.165) is 5.56 Å². The van der Waals surface area contributed by atoms with E-state index in [9.17, 15) is 12.8 Å². The van der Waals surface area contributed by atoms with Gasteiger partial charge in [-0.2, -0.15) is 9.40 Å². The molecule has 118 valence electrons. The molecule has 0 radical (unpaired) electrons. The van der Waals surface area contributed by atoms with Crippen molar-refractivity contribution in [3.63, 3.8) is 0 Å². The van der Waals surface area contributed by atoms with Crippen molar-refractivity contribution >= 4 is 10.0 Å². The summed E-state index contributed by atoms with van der Waals surface area (Å²) < 4.78 is 40.6. The van der Waals surface area contributed by atoms with Crippen molar-refractivity contribution in [1.29, 1.82) is 0 Å². The summed E-state index contributed by atoms with van der Waals surface area (Å²) in [5.74, 6) is 0.468. The monoisotopic (exact) mass is 324 g/mol. The van der Waals surface area contributed by atoms with Crippen molar-refractivity contribution in [3.8, 4) is 0 Å². The molecule has 0 spiro atoms. The summed E-state index contributed by atoms with van der Waals surface area (Å²) in [4.78, 5) is 4.04. The van der Waals surface area contributed by atoms with E-state index < -0.39 is 21.9 Å². The molecule has 2 aromatic rings. The van der Waals surface area contributed by atoms with E-state index in [4.69, 9.17) is 0 Å². The van der Waals surface area contributed by atoms with Crippen molar-refractivity contribution in [2.24, 2.45) is 0 Å². The van der Waals surface area contributed by atoms with Crippen LogP contribution >= 0.6 is 0 Å². The van der Waals surface area contributed by atoms with Crippen LogP contribution in [-0.4, -0.2) is 40.7 Å². The first-order valence-corrected chi connectivity index (χ1v) is 8.60.